The number of aliphatic hydroxyl groups is 1. The van der Waals surface area contributed by atoms with Gasteiger partial charge < -0.3 is 10.4 Å². The van der Waals surface area contributed by atoms with Crippen LogP contribution in [0, 0.1) is 0 Å². The third kappa shape index (κ3) is 1.36. The van der Waals surface area contributed by atoms with E-state index in [-0.39, 0.29) is 11.6 Å². The molecule has 0 aliphatic heterocycles. The molecule has 2 nitrogen and oxygen atoms in total. The summed E-state index contributed by atoms with van der Waals surface area (Å²) in [5, 5.41) is 12.6. The van der Waals surface area contributed by atoms with Gasteiger partial charge in [0.05, 0.1) is 6.10 Å². The van der Waals surface area contributed by atoms with Crippen LogP contribution in [0.4, 0.5) is 0 Å². The van der Waals surface area contributed by atoms with Gasteiger partial charge in [0.2, 0.25) is 0 Å². The quantitative estimate of drug-likeness (QED) is 0.712. The number of hydrogen-bond donors (Lipinski definition) is 2. The minimum atomic E-state index is -0.132. The van der Waals surface area contributed by atoms with Crippen molar-refractivity contribution in [1.29, 1.82) is 0 Å². The molecule has 0 bridgehead atoms. The minimum absolute atomic E-state index is 0.0284. The molecule has 1 aromatic carbocycles. The Morgan fingerprint density at radius 3 is 2.38 bits per heavy atom. The van der Waals surface area contributed by atoms with E-state index < -0.39 is 0 Å². The molecule has 0 heterocycles. The highest BCUT2D eigenvalue weighted by Gasteiger charge is 2.43. The number of benzene rings is 1. The summed E-state index contributed by atoms with van der Waals surface area (Å²) < 4.78 is 0. The number of aliphatic hydroxyl groups excluding tert-OH is 1. The lowest BCUT2D eigenvalue weighted by Gasteiger charge is -2.45. The lowest BCUT2D eigenvalue weighted by atomic mass is 9.70. The second kappa shape index (κ2) is 3.13. The zero-order valence-corrected chi connectivity index (χ0v) is 7.83. The fraction of sp³-hybridized carbons (Fsp3) is 0.455. The van der Waals surface area contributed by atoms with Gasteiger partial charge in [-0.15, -0.1) is 0 Å². The monoisotopic (exact) mass is 177 g/mol. The topological polar surface area (TPSA) is 32.3 Å². The van der Waals surface area contributed by atoms with Crippen LogP contribution in [-0.4, -0.2) is 18.3 Å². The standard InChI is InChI=1S/C11H15NO/c1-12-11(7-10(13)8-11)9-5-3-2-4-6-9/h2-6,10,12-13H,7-8H2,1H3. The van der Waals surface area contributed by atoms with Crippen molar-refractivity contribution in [2.24, 2.45) is 0 Å². The summed E-state index contributed by atoms with van der Waals surface area (Å²) in [6, 6.07) is 10.3. The van der Waals surface area contributed by atoms with E-state index in [4.69, 9.17) is 0 Å². The van der Waals surface area contributed by atoms with Crippen molar-refractivity contribution in [2.75, 3.05) is 7.05 Å². The van der Waals surface area contributed by atoms with E-state index in [1.807, 2.05) is 25.2 Å². The van der Waals surface area contributed by atoms with Crippen LogP contribution in [-0.2, 0) is 5.54 Å². The van der Waals surface area contributed by atoms with Crippen molar-refractivity contribution >= 4 is 0 Å². The molecule has 1 fully saturated rings. The van der Waals surface area contributed by atoms with E-state index in [2.05, 4.69) is 17.4 Å². The van der Waals surface area contributed by atoms with Gasteiger partial charge in [0.15, 0.2) is 0 Å². The fourth-order valence-corrected chi connectivity index (χ4v) is 2.09. The Balaban J connectivity index is 2.24. The van der Waals surface area contributed by atoms with E-state index in [0.717, 1.165) is 12.8 Å². The number of rotatable bonds is 2. The molecule has 2 heteroatoms. The summed E-state index contributed by atoms with van der Waals surface area (Å²) in [6.07, 6.45) is 1.52. The van der Waals surface area contributed by atoms with Crippen molar-refractivity contribution < 1.29 is 5.11 Å². The Morgan fingerprint density at radius 2 is 1.92 bits per heavy atom. The van der Waals surface area contributed by atoms with Gasteiger partial charge in [-0.05, 0) is 25.5 Å². The first kappa shape index (κ1) is 8.73. The summed E-state index contributed by atoms with van der Waals surface area (Å²) in [5.41, 5.74) is 1.31. The Labute approximate surface area is 78.6 Å². The van der Waals surface area contributed by atoms with E-state index >= 15 is 0 Å². The summed E-state index contributed by atoms with van der Waals surface area (Å²) in [6.45, 7) is 0. The molecule has 0 aromatic heterocycles. The van der Waals surface area contributed by atoms with Crippen molar-refractivity contribution in [3.63, 3.8) is 0 Å². The van der Waals surface area contributed by atoms with Gasteiger partial charge in [-0.25, -0.2) is 0 Å². The van der Waals surface area contributed by atoms with Crippen molar-refractivity contribution in [1.82, 2.24) is 5.32 Å². The van der Waals surface area contributed by atoms with Gasteiger partial charge in [0.25, 0.3) is 0 Å². The van der Waals surface area contributed by atoms with E-state index in [1.54, 1.807) is 0 Å². The van der Waals surface area contributed by atoms with E-state index in [1.165, 1.54) is 5.56 Å². The normalized spacial score (nSPS) is 32.6. The highest BCUT2D eigenvalue weighted by molar-refractivity contribution is 5.27. The largest absolute Gasteiger partial charge is 0.393 e. The molecule has 2 rings (SSSR count). The zero-order valence-electron chi connectivity index (χ0n) is 7.83. The maximum absolute atomic E-state index is 9.34. The molecule has 70 valence electrons. The number of hydrogen-bond acceptors (Lipinski definition) is 2. The molecule has 2 N–H and O–H groups in total. The van der Waals surface area contributed by atoms with Crippen molar-refractivity contribution in [3.05, 3.63) is 35.9 Å². The highest BCUT2D eigenvalue weighted by Crippen LogP contribution is 2.40. The molecule has 0 amide bonds. The van der Waals surface area contributed by atoms with Gasteiger partial charge in [-0.2, -0.15) is 0 Å². The number of nitrogens with one attached hydrogen (secondary N) is 1. The Hall–Kier alpha value is -0.860. The summed E-state index contributed by atoms with van der Waals surface area (Å²) in [4.78, 5) is 0. The van der Waals surface area contributed by atoms with Crippen molar-refractivity contribution in [2.45, 2.75) is 24.5 Å². The van der Waals surface area contributed by atoms with Crippen LogP contribution in [0.3, 0.4) is 0 Å². The van der Waals surface area contributed by atoms with E-state index in [0.29, 0.717) is 0 Å². The summed E-state index contributed by atoms with van der Waals surface area (Å²) in [5.74, 6) is 0. The smallest absolute Gasteiger partial charge is 0.0582 e. The van der Waals surface area contributed by atoms with Crippen LogP contribution < -0.4 is 5.32 Å². The Bertz CT molecular complexity index is 277. The minimum Gasteiger partial charge on any atom is -0.393 e. The average molecular weight is 177 g/mol. The Morgan fingerprint density at radius 1 is 1.31 bits per heavy atom. The fourth-order valence-electron chi connectivity index (χ4n) is 2.09. The van der Waals surface area contributed by atoms with Gasteiger partial charge in [-0.1, -0.05) is 30.3 Å². The Kier molecular flexibility index (Phi) is 2.10. The summed E-state index contributed by atoms with van der Waals surface area (Å²) >= 11 is 0. The first-order valence-electron chi connectivity index (χ1n) is 4.69. The van der Waals surface area contributed by atoms with Gasteiger partial charge in [0, 0.05) is 5.54 Å². The van der Waals surface area contributed by atoms with Gasteiger partial charge >= 0.3 is 0 Å². The molecule has 0 unspecified atom stereocenters. The zero-order chi connectivity index (χ0) is 9.31. The lowest BCUT2D eigenvalue weighted by molar-refractivity contribution is 0.00322. The molecule has 1 aliphatic carbocycles. The SMILES string of the molecule is CNC1(c2ccccc2)CC(O)C1. The maximum Gasteiger partial charge on any atom is 0.0582 e. The second-order valence-corrected chi connectivity index (χ2v) is 3.76. The maximum atomic E-state index is 9.34. The van der Waals surface area contributed by atoms with Crippen LogP contribution in [0.1, 0.15) is 18.4 Å². The molecule has 1 aromatic rings. The molecule has 0 radical (unpaired) electrons. The van der Waals surface area contributed by atoms with Gasteiger partial charge in [-0.3, -0.25) is 0 Å². The molecule has 0 spiro atoms. The van der Waals surface area contributed by atoms with Crippen LogP contribution in [0.5, 0.6) is 0 Å². The predicted molar refractivity (Wildman–Crippen MR) is 52.4 cm³/mol. The molecule has 0 saturated heterocycles. The molecule has 13 heavy (non-hydrogen) atoms. The lowest BCUT2D eigenvalue weighted by Crippen LogP contribution is -2.53. The summed E-state index contributed by atoms with van der Waals surface area (Å²) in [7, 11) is 1.96. The first-order chi connectivity index (χ1) is 6.27. The molecule has 1 saturated carbocycles. The van der Waals surface area contributed by atoms with Crippen LogP contribution in [0.2, 0.25) is 0 Å². The van der Waals surface area contributed by atoms with Crippen LogP contribution >= 0.6 is 0 Å². The third-order valence-corrected chi connectivity index (χ3v) is 2.97. The second-order valence-electron chi connectivity index (χ2n) is 3.76. The molecule has 1 aliphatic rings. The molecular formula is C11H15NO. The molecular weight excluding hydrogens is 162 g/mol. The van der Waals surface area contributed by atoms with Crippen LogP contribution in [0.15, 0.2) is 30.3 Å². The predicted octanol–water partition coefficient (Wildman–Crippen LogP) is 1.26. The third-order valence-electron chi connectivity index (χ3n) is 2.97. The first-order valence-corrected chi connectivity index (χ1v) is 4.69. The van der Waals surface area contributed by atoms with Crippen LogP contribution in [0.25, 0.3) is 0 Å². The van der Waals surface area contributed by atoms with Gasteiger partial charge in [0.1, 0.15) is 0 Å². The highest BCUT2D eigenvalue weighted by atomic mass is 16.3. The van der Waals surface area contributed by atoms with Crippen molar-refractivity contribution in [3.8, 4) is 0 Å². The molecule has 0 atom stereocenters. The average Bonchev–Trinajstić information content (AvgIpc) is 2.14. The van der Waals surface area contributed by atoms with E-state index in [9.17, 15) is 5.11 Å².